The number of hydrogen-bond acceptors (Lipinski definition) is 4. The molecule has 0 aliphatic heterocycles. The van der Waals surface area contributed by atoms with Gasteiger partial charge in [0.05, 0.1) is 18.3 Å². The number of nitrogens with zero attached hydrogens (tertiary/aromatic N) is 3. The monoisotopic (exact) mass is 417 g/mol. The van der Waals surface area contributed by atoms with Gasteiger partial charge in [0.2, 0.25) is 0 Å². The first kappa shape index (κ1) is 20.0. The normalized spacial score (nSPS) is 11.2. The molecule has 3 heterocycles. The number of ketones is 1. The van der Waals surface area contributed by atoms with Crippen LogP contribution in [0.1, 0.15) is 27.3 Å². The third-order valence-electron chi connectivity index (χ3n) is 5.45. The molecule has 6 heteroatoms. The molecule has 3 aromatic heterocycles. The Morgan fingerprint density at radius 2 is 1.93 bits per heavy atom. The minimum atomic E-state index is -0.177. The molecule has 0 bridgehead atoms. The Morgan fingerprint density at radius 1 is 1.20 bits per heavy atom. The minimum absolute atomic E-state index is 0.0316. The van der Waals surface area contributed by atoms with Crippen LogP contribution >= 0.6 is 11.3 Å². The lowest BCUT2D eigenvalue weighted by Crippen LogP contribution is -2.24. The molecule has 0 amide bonds. The molecule has 0 aliphatic rings. The molecule has 30 heavy (non-hydrogen) atoms. The van der Waals surface area contributed by atoms with E-state index in [1.165, 1.54) is 22.2 Å². The highest BCUT2D eigenvalue weighted by molar-refractivity contribution is 7.22. The third-order valence-corrected chi connectivity index (χ3v) is 6.70. The summed E-state index contributed by atoms with van der Waals surface area (Å²) in [5.74, 6) is -0.0992. The van der Waals surface area contributed by atoms with Gasteiger partial charge in [-0.05, 0) is 38.0 Å². The quantitative estimate of drug-likeness (QED) is 0.330. The van der Waals surface area contributed by atoms with Crippen LogP contribution < -0.4 is 5.56 Å². The van der Waals surface area contributed by atoms with Gasteiger partial charge in [-0.1, -0.05) is 36.4 Å². The first-order chi connectivity index (χ1) is 14.4. The number of benzene rings is 1. The van der Waals surface area contributed by atoms with Crippen molar-refractivity contribution < 1.29 is 4.79 Å². The summed E-state index contributed by atoms with van der Waals surface area (Å²) in [6, 6.07) is 11.9. The summed E-state index contributed by atoms with van der Waals surface area (Å²) in [6.07, 6.45) is 3.29. The van der Waals surface area contributed by atoms with Crippen molar-refractivity contribution in [2.45, 2.75) is 33.9 Å². The van der Waals surface area contributed by atoms with Crippen molar-refractivity contribution in [3.63, 3.8) is 0 Å². The smallest absolute Gasteiger partial charge is 0.262 e. The number of carbonyl (C=O) groups is 1. The lowest BCUT2D eigenvalue weighted by molar-refractivity contribution is 0.0970. The first-order valence-electron chi connectivity index (χ1n) is 9.77. The Morgan fingerprint density at radius 3 is 2.63 bits per heavy atom. The Labute approximate surface area is 178 Å². The van der Waals surface area contributed by atoms with Crippen LogP contribution in [0.5, 0.6) is 0 Å². The molecule has 0 saturated carbocycles. The number of carbonyl (C=O) groups excluding carboxylic acids is 1. The summed E-state index contributed by atoms with van der Waals surface area (Å²) >= 11 is 1.51. The zero-order valence-corrected chi connectivity index (χ0v) is 18.1. The van der Waals surface area contributed by atoms with Gasteiger partial charge in [-0.25, -0.2) is 4.98 Å². The highest BCUT2D eigenvalue weighted by Crippen LogP contribution is 2.35. The van der Waals surface area contributed by atoms with Crippen LogP contribution in [0.2, 0.25) is 0 Å². The summed E-state index contributed by atoms with van der Waals surface area (Å²) in [6.45, 7) is 10.2. The van der Waals surface area contributed by atoms with E-state index in [1.807, 2.05) is 61.7 Å². The van der Waals surface area contributed by atoms with Crippen LogP contribution in [-0.2, 0) is 13.1 Å². The molecule has 0 unspecified atom stereocenters. The van der Waals surface area contributed by atoms with Crippen molar-refractivity contribution in [2.24, 2.45) is 0 Å². The fourth-order valence-electron chi connectivity index (χ4n) is 3.87. The fourth-order valence-corrected chi connectivity index (χ4v) is 5.01. The van der Waals surface area contributed by atoms with Crippen molar-refractivity contribution >= 4 is 27.3 Å². The molecule has 0 saturated heterocycles. The molecule has 5 nitrogen and oxygen atoms in total. The van der Waals surface area contributed by atoms with E-state index in [9.17, 15) is 9.59 Å². The maximum Gasteiger partial charge on any atom is 0.262 e. The largest absolute Gasteiger partial charge is 0.345 e. The molecule has 0 fully saturated rings. The van der Waals surface area contributed by atoms with Gasteiger partial charge in [0.25, 0.3) is 5.56 Å². The molecule has 0 aliphatic carbocycles. The third kappa shape index (κ3) is 3.33. The van der Waals surface area contributed by atoms with Gasteiger partial charge in [0, 0.05) is 28.4 Å². The Hall–Kier alpha value is -3.25. The van der Waals surface area contributed by atoms with Crippen LogP contribution in [0.3, 0.4) is 0 Å². The number of hydrogen-bond donors (Lipinski definition) is 0. The molecule has 1 aromatic carbocycles. The standard InChI is InChI=1S/C24H23N3O2S/c1-5-11-27-15(2)12-19(17(27)4)20(28)13-26-14-25-23-21(24(26)29)16(3)22(30-23)18-9-7-6-8-10-18/h5-10,12,14H,1,11,13H2,2-4H3. The van der Waals surface area contributed by atoms with Crippen molar-refractivity contribution in [3.8, 4) is 10.4 Å². The number of Topliss-reactive ketones (excluding diaryl/α,β-unsaturated/α-hetero) is 1. The molecule has 0 atom stereocenters. The van der Waals surface area contributed by atoms with Crippen molar-refractivity contribution in [1.82, 2.24) is 14.1 Å². The van der Waals surface area contributed by atoms with E-state index in [0.29, 0.717) is 22.3 Å². The van der Waals surface area contributed by atoms with Gasteiger partial charge in [0.1, 0.15) is 4.83 Å². The molecular weight excluding hydrogens is 394 g/mol. The van der Waals surface area contributed by atoms with Gasteiger partial charge < -0.3 is 4.57 Å². The highest BCUT2D eigenvalue weighted by Gasteiger charge is 2.19. The topological polar surface area (TPSA) is 56.9 Å². The summed E-state index contributed by atoms with van der Waals surface area (Å²) < 4.78 is 3.46. The Bertz CT molecular complexity index is 1330. The minimum Gasteiger partial charge on any atom is -0.345 e. The summed E-state index contributed by atoms with van der Waals surface area (Å²) in [7, 11) is 0. The van der Waals surface area contributed by atoms with Gasteiger partial charge in [0.15, 0.2) is 5.78 Å². The van der Waals surface area contributed by atoms with E-state index in [0.717, 1.165) is 27.4 Å². The zero-order valence-electron chi connectivity index (χ0n) is 17.3. The van der Waals surface area contributed by atoms with E-state index < -0.39 is 0 Å². The van der Waals surface area contributed by atoms with Gasteiger partial charge >= 0.3 is 0 Å². The number of rotatable bonds is 6. The van der Waals surface area contributed by atoms with Crippen molar-refractivity contribution in [2.75, 3.05) is 0 Å². The summed E-state index contributed by atoms with van der Waals surface area (Å²) in [4.78, 5) is 32.4. The molecular formula is C24H23N3O2S. The average molecular weight is 418 g/mol. The van der Waals surface area contributed by atoms with Crippen LogP contribution in [0.4, 0.5) is 0 Å². The van der Waals surface area contributed by atoms with E-state index in [-0.39, 0.29) is 17.9 Å². The SMILES string of the molecule is C=CCn1c(C)cc(C(=O)Cn2cnc3sc(-c4ccccc4)c(C)c3c2=O)c1C. The van der Waals surface area contributed by atoms with Crippen LogP contribution in [0.25, 0.3) is 20.7 Å². The maximum absolute atomic E-state index is 13.2. The predicted molar refractivity (Wildman–Crippen MR) is 122 cm³/mol. The number of thiophene rings is 1. The van der Waals surface area contributed by atoms with Gasteiger partial charge in [-0.2, -0.15) is 0 Å². The second-order valence-electron chi connectivity index (χ2n) is 7.39. The molecule has 0 radical (unpaired) electrons. The molecule has 0 spiro atoms. The number of fused-ring (bicyclic) bond motifs is 1. The summed E-state index contributed by atoms with van der Waals surface area (Å²) in [5.41, 5.74) is 4.31. The second kappa shape index (κ2) is 7.88. The number of allylic oxidation sites excluding steroid dienone is 1. The lowest BCUT2D eigenvalue weighted by Gasteiger charge is -2.07. The van der Waals surface area contributed by atoms with Crippen LogP contribution in [-0.4, -0.2) is 19.9 Å². The molecule has 4 rings (SSSR count). The number of aromatic nitrogens is 3. The average Bonchev–Trinajstić information content (AvgIpc) is 3.23. The number of aryl methyl sites for hydroxylation is 2. The van der Waals surface area contributed by atoms with E-state index in [4.69, 9.17) is 0 Å². The molecule has 152 valence electrons. The fraction of sp³-hybridized carbons (Fsp3) is 0.208. The maximum atomic E-state index is 13.2. The molecule has 4 aromatic rings. The second-order valence-corrected chi connectivity index (χ2v) is 8.39. The Balaban J connectivity index is 1.72. The van der Waals surface area contributed by atoms with Crippen LogP contribution in [0.15, 0.2) is 60.2 Å². The Kier molecular flexibility index (Phi) is 5.26. The summed E-state index contributed by atoms with van der Waals surface area (Å²) in [5, 5.41) is 0.589. The van der Waals surface area contributed by atoms with E-state index >= 15 is 0 Å². The predicted octanol–water partition coefficient (Wildman–Crippen LogP) is 4.92. The van der Waals surface area contributed by atoms with E-state index in [2.05, 4.69) is 11.6 Å². The van der Waals surface area contributed by atoms with Crippen molar-refractivity contribution in [1.29, 1.82) is 0 Å². The van der Waals surface area contributed by atoms with Crippen LogP contribution in [0, 0.1) is 20.8 Å². The first-order valence-corrected chi connectivity index (χ1v) is 10.6. The molecule has 0 N–H and O–H groups in total. The lowest BCUT2D eigenvalue weighted by atomic mass is 10.1. The van der Waals surface area contributed by atoms with Crippen molar-refractivity contribution in [3.05, 3.63) is 88.2 Å². The van der Waals surface area contributed by atoms with Gasteiger partial charge in [-0.3, -0.25) is 14.2 Å². The highest BCUT2D eigenvalue weighted by atomic mass is 32.1. The van der Waals surface area contributed by atoms with E-state index in [1.54, 1.807) is 6.08 Å². The zero-order chi connectivity index (χ0) is 21.4. The van der Waals surface area contributed by atoms with Gasteiger partial charge in [-0.15, -0.1) is 17.9 Å².